The quantitative estimate of drug-likeness (QED) is 0.259. The lowest BCUT2D eigenvalue weighted by molar-refractivity contribution is -0.141. The van der Waals surface area contributed by atoms with Gasteiger partial charge in [0.15, 0.2) is 5.78 Å². The van der Waals surface area contributed by atoms with Crippen LogP contribution in [0.2, 0.25) is 0 Å². The van der Waals surface area contributed by atoms with Crippen molar-refractivity contribution in [3.8, 4) is 11.1 Å². The molecular weight excluding hydrogens is 681 g/mol. The van der Waals surface area contributed by atoms with E-state index in [0.29, 0.717) is 48.2 Å². The number of aromatic nitrogens is 5. The Labute approximate surface area is 297 Å². The Morgan fingerprint density at radius 1 is 1.08 bits per heavy atom. The molecule has 1 aromatic carbocycles. The highest BCUT2D eigenvalue weighted by molar-refractivity contribution is 6.07. The van der Waals surface area contributed by atoms with Gasteiger partial charge in [0.05, 0.1) is 12.1 Å². The average molecular weight is 721 g/mol. The number of aliphatic hydroxyl groups excluding tert-OH is 1. The highest BCUT2D eigenvalue weighted by Crippen LogP contribution is 2.59. The Balaban J connectivity index is 1.27. The normalized spacial score (nSPS) is 24.0. The number of aryl methyl sites for hydroxylation is 3. The van der Waals surface area contributed by atoms with Crippen LogP contribution in [0.25, 0.3) is 22.0 Å². The van der Waals surface area contributed by atoms with Crippen molar-refractivity contribution in [3.05, 3.63) is 65.0 Å². The number of piperidine rings is 1. The summed E-state index contributed by atoms with van der Waals surface area (Å²) in [4.78, 5) is 55.1. The Morgan fingerprint density at radius 3 is 2.58 bits per heavy atom. The first-order valence-corrected chi connectivity index (χ1v) is 17.3. The molecule has 1 aliphatic carbocycles. The maximum absolute atomic E-state index is 14.4. The van der Waals surface area contributed by atoms with Crippen molar-refractivity contribution >= 4 is 34.3 Å². The van der Waals surface area contributed by atoms with Crippen LogP contribution in [-0.4, -0.2) is 84.0 Å². The minimum absolute atomic E-state index is 0.193. The van der Waals surface area contributed by atoms with Crippen LogP contribution in [0.15, 0.2) is 36.7 Å². The maximum atomic E-state index is 14.4. The first-order chi connectivity index (χ1) is 24.7. The SMILES string of the molecule is CC(=O)c1nn2c3c(cc(-c4cnc(C)nc4)cc13)CCCCCOC(O)NC[C@@]13C[C@@H](C(=O)Nc4nc(C(F)(F)F)ccc4C)N(C(=O)C2)[C@@H]1C3. The molecule has 2 amide bonds. The molecule has 2 bridgehead atoms. The van der Waals surface area contributed by atoms with E-state index in [9.17, 15) is 32.7 Å². The van der Waals surface area contributed by atoms with Crippen molar-refractivity contribution in [2.24, 2.45) is 5.41 Å². The summed E-state index contributed by atoms with van der Waals surface area (Å²) in [6.45, 7) is 4.98. The zero-order valence-electron chi connectivity index (χ0n) is 29.0. The summed E-state index contributed by atoms with van der Waals surface area (Å²) < 4.78 is 47.6. The number of hydrogen-bond acceptors (Lipinski definition) is 10. The molecule has 0 spiro atoms. The summed E-state index contributed by atoms with van der Waals surface area (Å²) >= 11 is 0. The number of rotatable bonds is 4. The van der Waals surface area contributed by atoms with Crippen LogP contribution >= 0.6 is 0 Å². The Kier molecular flexibility index (Phi) is 9.33. The lowest BCUT2D eigenvalue weighted by Crippen LogP contribution is -2.47. The molecule has 274 valence electrons. The fraction of sp³-hybridized carbons (Fsp3) is 0.472. The predicted molar refractivity (Wildman–Crippen MR) is 182 cm³/mol. The Hall–Kier alpha value is -4.80. The van der Waals surface area contributed by atoms with Crippen molar-refractivity contribution < 1.29 is 37.4 Å². The molecule has 0 radical (unpaired) electrons. The number of nitrogens with one attached hydrogen (secondary N) is 2. The van der Waals surface area contributed by atoms with Crippen molar-refractivity contribution in [3.63, 3.8) is 0 Å². The van der Waals surface area contributed by atoms with E-state index in [-0.39, 0.29) is 36.8 Å². The maximum Gasteiger partial charge on any atom is 0.433 e. The topological polar surface area (TPSA) is 164 Å². The van der Waals surface area contributed by atoms with Crippen LogP contribution in [0.1, 0.15) is 72.2 Å². The molecule has 52 heavy (non-hydrogen) atoms. The van der Waals surface area contributed by atoms with Crippen LogP contribution < -0.4 is 10.6 Å². The average Bonchev–Trinajstić information content (AvgIpc) is 3.50. The number of carbonyl (C=O) groups excluding carboxylic acids is 3. The van der Waals surface area contributed by atoms with Crippen LogP contribution in [0.5, 0.6) is 0 Å². The third-order valence-electron chi connectivity index (χ3n) is 10.3. The lowest BCUT2D eigenvalue weighted by Gasteiger charge is -2.27. The molecule has 1 saturated heterocycles. The molecule has 7 rings (SSSR count). The number of benzene rings is 1. The van der Waals surface area contributed by atoms with E-state index in [0.717, 1.165) is 35.6 Å². The fourth-order valence-electron chi connectivity index (χ4n) is 7.51. The van der Waals surface area contributed by atoms with E-state index in [2.05, 4.69) is 30.7 Å². The molecule has 3 N–H and O–H groups in total. The highest BCUT2D eigenvalue weighted by Gasteiger charge is 2.67. The zero-order valence-corrected chi connectivity index (χ0v) is 29.0. The smallest absolute Gasteiger partial charge is 0.356 e. The van der Waals surface area contributed by atoms with Crippen LogP contribution in [-0.2, 0) is 33.5 Å². The molecule has 2 fully saturated rings. The van der Waals surface area contributed by atoms with Gasteiger partial charge in [0.2, 0.25) is 18.2 Å². The van der Waals surface area contributed by atoms with Crippen molar-refractivity contribution in [2.45, 2.75) is 90.5 Å². The number of nitrogens with zero attached hydrogens (tertiary/aromatic N) is 6. The number of ether oxygens (including phenoxy) is 1. The number of amides is 2. The molecule has 1 unspecified atom stereocenters. The lowest BCUT2D eigenvalue weighted by atomic mass is 9.97. The van der Waals surface area contributed by atoms with E-state index in [1.165, 1.54) is 29.5 Å². The van der Waals surface area contributed by atoms with Crippen molar-refractivity contribution in [1.29, 1.82) is 0 Å². The van der Waals surface area contributed by atoms with Gasteiger partial charge in [0.25, 0.3) is 0 Å². The Bertz CT molecular complexity index is 2050. The number of pyridine rings is 1. The van der Waals surface area contributed by atoms with Gasteiger partial charge in [-0.15, -0.1) is 0 Å². The van der Waals surface area contributed by atoms with E-state index in [1.807, 2.05) is 12.1 Å². The van der Waals surface area contributed by atoms with Gasteiger partial charge >= 0.3 is 6.18 Å². The number of Topliss-reactive ketones (excluding diaryl/α,β-unsaturated/α-hetero) is 1. The zero-order chi connectivity index (χ0) is 36.9. The second kappa shape index (κ2) is 13.6. The first kappa shape index (κ1) is 35.6. The van der Waals surface area contributed by atoms with E-state index >= 15 is 0 Å². The summed E-state index contributed by atoms with van der Waals surface area (Å²) in [6, 6.07) is 4.46. The number of aliphatic hydroxyl groups is 1. The molecule has 4 atom stereocenters. The number of halogens is 3. The number of hydrogen-bond donors (Lipinski definition) is 3. The standard InChI is InChI=1S/C36H39F3N8O5/c1-19-8-9-27(36(37,38)39)43-32(19)44-33(50)26-13-35-14-28(35)47(26)29(49)17-46-31-22(7-5-4-6-10-52-34(51)42-18-35)11-23(24-15-40-21(3)41-16-24)12-25(31)30(45-46)20(2)48/h8-9,11-12,15-16,26,28,34,42,51H,4-7,10,13-14,17-18H2,1-3H3,(H,43,44,50)/t26-,28+,34?,35-/m0/s1. The molecule has 16 heteroatoms. The van der Waals surface area contributed by atoms with Gasteiger partial charge < -0.3 is 20.1 Å². The second-order valence-electron chi connectivity index (χ2n) is 14.0. The molecule has 1 saturated carbocycles. The van der Waals surface area contributed by atoms with E-state index in [1.54, 1.807) is 19.3 Å². The third kappa shape index (κ3) is 6.89. The molecule has 2 aliphatic heterocycles. The second-order valence-corrected chi connectivity index (χ2v) is 14.0. The van der Waals surface area contributed by atoms with Gasteiger partial charge in [-0.2, -0.15) is 18.3 Å². The summed E-state index contributed by atoms with van der Waals surface area (Å²) in [5, 5.41) is 21.3. The van der Waals surface area contributed by atoms with Crippen LogP contribution in [0.3, 0.4) is 0 Å². The first-order valence-electron chi connectivity index (χ1n) is 17.3. The van der Waals surface area contributed by atoms with Crippen LogP contribution in [0.4, 0.5) is 19.0 Å². The van der Waals surface area contributed by atoms with E-state index in [4.69, 9.17) is 4.74 Å². The molecule has 4 aromatic rings. The minimum atomic E-state index is -4.72. The number of carbonyl (C=O) groups is 3. The highest BCUT2D eigenvalue weighted by atomic mass is 19.4. The van der Waals surface area contributed by atoms with Gasteiger partial charge in [-0.05, 0) is 80.8 Å². The van der Waals surface area contributed by atoms with Gasteiger partial charge in [-0.3, -0.25) is 24.4 Å². The summed E-state index contributed by atoms with van der Waals surface area (Å²) in [5.74, 6) is -1.04. The molecule has 5 heterocycles. The third-order valence-corrected chi connectivity index (χ3v) is 10.3. The minimum Gasteiger partial charge on any atom is -0.356 e. The number of anilines is 1. The summed E-state index contributed by atoms with van der Waals surface area (Å²) in [5.41, 5.74) is 1.80. The van der Waals surface area contributed by atoms with Gasteiger partial charge in [0.1, 0.15) is 35.6 Å². The summed E-state index contributed by atoms with van der Waals surface area (Å²) in [6.07, 6.45) is 0.962. The van der Waals surface area contributed by atoms with E-state index < -0.39 is 47.6 Å². The summed E-state index contributed by atoms with van der Waals surface area (Å²) in [7, 11) is 0. The number of ketones is 1. The molecular formula is C36H39F3N8O5. The van der Waals surface area contributed by atoms with Gasteiger partial charge in [-0.25, -0.2) is 15.0 Å². The molecule has 3 aliphatic rings. The van der Waals surface area contributed by atoms with Crippen LogP contribution in [0, 0.1) is 19.3 Å². The van der Waals surface area contributed by atoms with Gasteiger partial charge in [-0.1, -0.05) is 12.5 Å². The molecule has 3 aromatic heterocycles. The predicted octanol–water partition coefficient (Wildman–Crippen LogP) is 4.33. The van der Waals surface area contributed by atoms with Crippen molar-refractivity contribution in [2.75, 3.05) is 18.5 Å². The largest absolute Gasteiger partial charge is 0.433 e. The Morgan fingerprint density at radius 2 is 1.85 bits per heavy atom. The monoisotopic (exact) mass is 720 g/mol. The molecule has 13 nitrogen and oxygen atoms in total. The van der Waals surface area contributed by atoms with Crippen molar-refractivity contribution in [1.82, 2.24) is 34.9 Å². The fourth-order valence-corrected chi connectivity index (χ4v) is 7.51. The number of alkyl halides is 3. The van der Waals surface area contributed by atoms with Gasteiger partial charge in [0, 0.05) is 48.3 Å².